The van der Waals surface area contributed by atoms with Gasteiger partial charge in [-0.3, -0.25) is 9.78 Å². The molecule has 1 fully saturated rings. The van der Waals surface area contributed by atoms with Gasteiger partial charge in [0, 0.05) is 48.7 Å². The summed E-state index contributed by atoms with van der Waals surface area (Å²) in [6.07, 6.45) is 4.77. The molecule has 0 radical (unpaired) electrons. The van der Waals surface area contributed by atoms with Crippen LogP contribution in [-0.2, 0) is 6.54 Å². The Labute approximate surface area is 117 Å². The van der Waals surface area contributed by atoms with Crippen LogP contribution >= 0.6 is 0 Å². The molecular weight excluding hydrogens is 250 g/mol. The van der Waals surface area contributed by atoms with Crippen molar-refractivity contribution in [3.63, 3.8) is 0 Å². The van der Waals surface area contributed by atoms with E-state index in [1.54, 1.807) is 12.3 Å². The van der Waals surface area contributed by atoms with Gasteiger partial charge in [0.25, 0.3) is 5.56 Å². The van der Waals surface area contributed by atoms with Crippen molar-refractivity contribution in [2.24, 2.45) is 5.92 Å². The molecule has 4 heterocycles. The maximum absolute atomic E-state index is 12.4. The molecule has 1 saturated heterocycles. The minimum absolute atomic E-state index is 0.123. The Morgan fingerprint density at radius 3 is 3.05 bits per heavy atom. The van der Waals surface area contributed by atoms with Crippen LogP contribution in [0.2, 0.25) is 0 Å². The molecule has 2 bridgehead atoms. The Morgan fingerprint density at radius 1 is 1.25 bits per heavy atom. The standard InChI is InChI=1S/C16H17N3O/c20-16-6-13(12-2-1-3-17-8-12)5-15-14-4-11(7-18-9-14)10-19(15)16/h1-3,5-6,8,11,14,18H,4,7,9-10H2/t11?,14-/m0/s1. The average molecular weight is 267 g/mol. The van der Waals surface area contributed by atoms with Crippen molar-refractivity contribution >= 4 is 0 Å². The van der Waals surface area contributed by atoms with Crippen molar-refractivity contribution in [3.8, 4) is 11.1 Å². The van der Waals surface area contributed by atoms with Crippen molar-refractivity contribution in [1.29, 1.82) is 0 Å². The molecule has 4 rings (SSSR count). The number of nitrogens with zero attached hydrogens (tertiary/aromatic N) is 2. The SMILES string of the molecule is O=c1cc(-c2cccnc2)cc2n1CC1CNC[C@@H]2C1. The highest BCUT2D eigenvalue weighted by Crippen LogP contribution is 2.33. The molecule has 102 valence electrons. The van der Waals surface area contributed by atoms with Crippen LogP contribution in [0.5, 0.6) is 0 Å². The van der Waals surface area contributed by atoms with E-state index in [1.807, 2.05) is 22.9 Å². The molecule has 0 amide bonds. The molecular formula is C16H17N3O. The molecule has 4 heteroatoms. The molecule has 20 heavy (non-hydrogen) atoms. The molecule has 2 atom stereocenters. The predicted molar refractivity (Wildman–Crippen MR) is 77.7 cm³/mol. The van der Waals surface area contributed by atoms with Crippen LogP contribution in [0.15, 0.2) is 41.5 Å². The van der Waals surface area contributed by atoms with Gasteiger partial charge >= 0.3 is 0 Å². The maximum atomic E-state index is 12.4. The zero-order valence-electron chi connectivity index (χ0n) is 11.2. The number of hydrogen-bond donors (Lipinski definition) is 1. The summed E-state index contributed by atoms with van der Waals surface area (Å²) in [5.41, 5.74) is 3.30. The van der Waals surface area contributed by atoms with Gasteiger partial charge in [-0.05, 0) is 36.6 Å². The third kappa shape index (κ3) is 1.88. The van der Waals surface area contributed by atoms with Gasteiger partial charge in [0.15, 0.2) is 0 Å². The van der Waals surface area contributed by atoms with E-state index in [4.69, 9.17) is 0 Å². The second-order valence-corrected chi connectivity index (χ2v) is 5.82. The Morgan fingerprint density at radius 2 is 2.20 bits per heavy atom. The van der Waals surface area contributed by atoms with Gasteiger partial charge < -0.3 is 9.88 Å². The Balaban J connectivity index is 1.86. The quantitative estimate of drug-likeness (QED) is 0.854. The summed E-state index contributed by atoms with van der Waals surface area (Å²) in [5, 5.41) is 3.48. The normalized spacial score (nSPS) is 24.2. The largest absolute Gasteiger partial charge is 0.316 e. The van der Waals surface area contributed by atoms with E-state index < -0.39 is 0 Å². The molecule has 1 N–H and O–H groups in total. The van der Waals surface area contributed by atoms with E-state index >= 15 is 0 Å². The summed E-state index contributed by atoms with van der Waals surface area (Å²) in [5.74, 6) is 1.06. The lowest BCUT2D eigenvalue weighted by Gasteiger charge is -2.37. The topological polar surface area (TPSA) is 46.9 Å². The highest BCUT2D eigenvalue weighted by atomic mass is 16.1. The van der Waals surface area contributed by atoms with Crippen LogP contribution in [0.3, 0.4) is 0 Å². The lowest BCUT2D eigenvalue weighted by atomic mass is 9.83. The van der Waals surface area contributed by atoms with Crippen LogP contribution < -0.4 is 10.9 Å². The zero-order valence-corrected chi connectivity index (χ0v) is 11.2. The van der Waals surface area contributed by atoms with E-state index in [-0.39, 0.29) is 5.56 Å². The molecule has 0 aromatic carbocycles. The highest BCUT2D eigenvalue weighted by Gasteiger charge is 2.31. The molecule has 4 nitrogen and oxygen atoms in total. The van der Waals surface area contributed by atoms with Gasteiger partial charge in [0.1, 0.15) is 0 Å². The van der Waals surface area contributed by atoms with Gasteiger partial charge in [-0.1, -0.05) is 6.07 Å². The highest BCUT2D eigenvalue weighted by molar-refractivity contribution is 5.62. The van der Waals surface area contributed by atoms with E-state index in [0.717, 1.165) is 30.8 Å². The molecule has 2 aromatic rings. The summed E-state index contributed by atoms with van der Waals surface area (Å²) in [4.78, 5) is 16.6. The number of piperidine rings is 1. The van der Waals surface area contributed by atoms with Crippen LogP contribution in [0.25, 0.3) is 11.1 Å². The third-order valence-corrected chi connectivity index (χ3v) is 4.46. The van der Waals surface area contributed by atoms with Gasteiger partial charge in [-0.25, -0.2) is 0 Å². The Bertz CT molecular complexity index is 693. The lowest BCUT2D eigenvalue weighted by molar-refractivity contribution is 0.257. The number of rotatable bonds is 1. The summed E-state index contributed by atoms with van der Waals surface area (Å²) in [6.45, 7) is 2.87. The van der Waals surface area contributed by atoms with Gasteiger partial charge in [0.2, 0.25) is 0 Å². The zero-order chi connectivity index (χ0) is 13.5. The predicted octanol–water partition coefficient (Wildman–Crippen LogP) is 1.62. The fourth-order valence-electron chi connectivity index (χ4n) is 3.50. The minimum atomic E-state index is 0.123. The number of pyridine rings is 2. The first-order valence-corrected chi connectivity index (χ1v) is 7.17. The summed E-state index contributed by atoms with van der Waals surface area (Å²) >= 11 is 0. The first kappa shape index (κ1) is 11.9. The number of fused-ring (bicyclic) bond motifs is 4. The third-order valence-electron chi connectivity index (χ3n) is 4.46. The number of aromatic nitrogens is 2. The second kappa shape index (κ2) is 4.56. The molecule has 0 aliphatic carbocycles. The Hall–Kier alpha value is -1.94. The molecule has 1 unspecified atom stereocenters. The van der Waals surface area contributed by atoms with E-state index in [9.17, 15) is 4.79 Å². The second-order valence-electron chi connectivity index (χ2n) is 5.82. The van der Waals surface area contributed by atoms with Crippen molar-refractivity contribution in [1.82, 2.24) is 14.9 Å². The first-order chi connectivity index (χ1) is 9.81. The Kier molecular flexibility index (Phi) is 2.70. The molecule has 0 saturated carbocycles. The molecule has 2 aliphatic rings. The monoisotopic (exact) mass is 267 g/mol. The van der Waals surface area contributed by atoms with Crippen LogP contribution in [0.1, 0.15) is 18.0 Å². The average Bonchev–Trinajstić information content (AvgIpc) is 2.49. The van der Waals surface area contributed by atoms with Gasteiger partial charge in [-0.2, -0.15) is 0 Å². The summed E-state index contributed by atoms with van der Waals surface area (Å²) in [6, 6.07) is 7.83. The number of nitrogens with one attached hydrogen (secondary N) is 1. The van der Waals surface area contributed by atoms with Gasteiger partial charge in [-0.15, -0.1) is 0 Å². The van der Waals surface area contributed by atoms with Crippen molar-refractivity contribution in [3.05, 3.63) is 52.7 Å². The van der Waals surface area contributed by atoms with Crippen LogP contribution in [-0.4, -0.2) is 22.6 Å². The van der Waals surface area contributed by atoms with Crippen LogP contribution in [0, 0.1) is 5.92 Å². The summed E-state index contributed by atoms with van der Waals surface area (Å²) < 4.78 is 1.97. The number of hydrogen-bond acceptors (Lipinski definition) is 3. The minimum Gasteiger partial charge on any atom is -0.316 e. The summed E-state index contributed by atoms with van der Waals surface area (Å²) in [7, 11) is 0. The van der Waals surface area contributed by atoms with Crippen molar-refractivity contribution in [2.45, 2.75) is 18.9 Å². The van der Waals surface area contributed by atoms with Gasteiger partial charge in [0.05, 0.1) is 0 Å². The fourth-order valence-corrected chi connectivity index (χ4v) is 3.50. The van der Waals surface area contributed by atoms with E-state index in [1.165, 1.54) is 12.1 Å². The first-order valence-electron chi connectivity index (χ1n) is 7.17. The smallest absolute Gasteiger partial charge is 0.251 e. The fraction of sp³-hybridized carbons (Fsp3) is 0.375. The molecule has 0 spiro atoms. The maximum Gasteiger partial charge on any atom is 0.251 e. The molecule has 2 aromatic heterocycles. The van der Waals surface area contributed by atoms with Crippen molar-refractivity contribution in [2.75, 3.05) is 13.1 Å². The van der Waals surface area contributed by atoms with E-state index in [2.05, 4.69) is 16.4 Å². The van der Waals surface area contributed by atoms with E-state index in [0.29, 0.717) is 11.8 Å². The van der Waals surface area contributed by atoms with Crippen molar-refractivity contribution < 1.29 is 0 Å². The lowest BCUT2D eigenvalue weighted by Crippen LogP contribution is -2.44. The van der Waals surface area contributed by atoms with Crippen LogP contribution in [0.4, 0.5) is 0 Å². The molecule has 2 aliphatic heterocycles.